The van der Waals surface area contributed by atoms with E-state index in [9.17, 15) is 14.5 Å². The van der Waals surface area contributed by atoms with Crippen LogP contribution in [0.25, 0.3) is 10.9 Å². The van der Waals surface area contributed by atoms with E-state index in [1.807, 2.05) is 25.1 Å². The Morgan fingerprint density at radius 3 is 2.39 bits per heavy atom. The minimum absolute atomic E-state index is 0.143. The summed E-state index contributed by atoms with van der Waals surface area (Å²) in [5.74, 6) is -0.382. The van der Waals surface area contributed by atoms with E-state index in [0.717, 1.165) is 55.5 Å². The van der Waals surface area contributed by atoms with E-state index in [4.69, 9.17) is 0 Å². The average Bonchev–Trinajstić information content (AvgIpc) is 3.37. The summed E-state index contributed by atoms with van der Waals surface area (Å²) in [6.45, 7) is 5.95. The molecule has 3 aromatic carbocycles. The number of nitrogens with one attached hydrogen (secondary N) is 1. The first-order valence-electron chi connectivity index (χ1n) is 13.1. The normalized spacial score (nSPS) is 15.3. The fraction of sp³-hybridized carbons (Fsp3) is 0.290. The van der Waals surface area contributed by atoms with E-state index in [1.165, 1.54) is 5.56 Å². The third-order valence-electron chi connectivity index (χ3n) is 7.53. The minimum Gasteiger partial charge on any atom is -0.347 e. The van der Waals surface area contributed by atoms with Crippen LogP contribution in [0.3, 0.4) is 0 Å². The molecular weight excluding hydrogens is 476 g/mol. The molecule has 38 heavy (non-hydrogen) atoms. The number of amides is 2. The van der Waals surface area contributed by atoms with Gasteiger partial charge >= 0.3 is 5.91 Å². The molecule has 7 heteroatoms. The second kappa shape index (κ2) is 11.5. The van der Waals surface area contributed by atoms with Gasteiger partial charge in [0.2, 0.25) is 0 Å². The summed E-state index contributed by atoms with van der Waals surface area (Å²) in [7, 11) is 0. The number of fused-ring (bicyclic) bond motifs is 1. The van der Waals surface area contributed by atoms with Gasteiger partial charge in [0.1, 0.15) is 0 Å². The minimum atomic E-state index is -0.803. The van der Waals surface area contributed by atoms with Crippen LogP contribution in [0.4, 0.5) is 0 Å². The lowest BCUT2D eigenvalue weighted by molar-refractivity contribution is 0.0939. The largest absolute Gasteiger partial charge is 0.347 e. The summed E-state index contributed by atoms with van der Waals surface area (Å²) in [6.07, 6.45) is 4.37. The van der Waals surface area contributed by atoms with Crippen molar-refractivity contribution in [2.24, 2.45) is 11.1 Å². The van der Waals surface area contributed by atoms with Crippen molar-refractivity contribution in [3.63, 3.8) is 0 Å². The van der Waals surface area contributed by atoms with Crippen LogP contribution in [0.15, 0.2) is 90.2 Å². The van der Waals surface area contributed by atoms with Gasteiger partial charge < -0.3 is 9.88 Å². The molecule has 1 N–H and O–H groups in total. The number of para-hydroxylation sites is 1. The van der Waals surface area contributed by atoms with Crippen molar-refractivity contribution in [2.45, 2.75) is 38.9 Å². The van der Waals surface area contributed by atoms with Crippen LogP contribution >= 0.6 is 0 Å². The fourth-order valence-electron chi connectivity index (χ4n) is 5.37. The van der Waals surface area contributed by atoms with Gasteiger partial charge in [0, 0.05) is 35.4 Å². The Labute approximate surface area is 222 Å². The number of piperidine rings is 1. The van der Waals surface area contributed by atoms with Crippen LogP contribution in [0, 0.1) is 10.8 Å². The van der Waals surface area contributed by atoms with Gasteiger partial charge in [-0.2, -0.15) is 0 Å². The number of benzene rings is 3. The Balaban J connectivity index is 1.25. The van der Waals surface area contributed by atoms with Crippen molar-refractivity contribution >= 4 is 22.7 Å². The Morgan fingerprint density at radius 2 is 1.68 bits per heavy atom. The fourth-order valence-corrected chi connectivity index (χ4v) is 5.37. The summed E-state index contributed by atoms with van der Waals surface area (Å²) in [5.41, 5.74) is 4.04. The molecule has 1 atom stereocenters. The zero-order valence-corrected chi connectivity index (χ0v) is 21.5. The van der Waals surface area contributed by atoms with Crippen LogP contribution in [0.5, 0.6) is 0 Å². The molecule has 0 unspecified atom stereocenters. The summed E-state index contributed by atoms with van der Waals surface area (Å²) in [5, 5.41) is 6.59. The molecule has 1 aliphatic rings. The molecule has 0 bridgehead atoms. The molecule has 1 aliphatic heterocycles. The molecule has 1 fully saturated rings. The van der Waals surface area contributed by atoms with Crippen LogP contribution in [-0.2, 0) is 13.1 Å². The molecule has 1 saturated heterocycles. The number of nitroso groups, excluding NO2 is 1. The van der Waals surface area contributed by atoms with Crippen molar-refractivity contribution in [3.05, 3.63) is 112 Å². The second-order valence-electron chi connectivity index (χ2n) is 10.1. The lowest BCUT2D eigenvalue weighted by Gasteiger charge is -2.32. The van der Waals surface area contributed by atoms with Crippen LogP contribution in [0.1, 0.15) is 57.7 Å². The number of carbonyl (C=O) groups is 2. The molecule has 2 amide bonds. The molecule has 194 valence electrons. The number of hydrogen-bond acceptors (Lipinski definition) is 4. The zero-order valence-electron chi connectivity index (χ0n) is 21.5. The third kappa shape index (κ3) is 5.73. The Bertz CT molecular complexity index is 1420. The molecule has 1 aromatic heterocycles. The zero-order chi connectivity index (χ0) is 26.5. The van der Waals surface area contributed by atoms with Crippen LogP contribution < -0.4 is 5.32 Å². The van der Waals surface area contributed by atoms with Gasteiger partial charge in [-0.25, -0.2) is 0 Å². The van der Waals surface area contributed by atoms with E-state index in [0.29, 0.717) is 11.5 Å². The maximum Gasteiger partial charge on any atom is 0.316 e. The van der Waals surface area contributed by atoms with Crippen LogP contribution in [-0.4, -0.2) is 34.4 Å². The molecule has 5 rings (SSSR count). The maximum absolute atomic E-state index is 13.4. The molecule has 7 nitrogen and oxygen atoms in total. The van der Waals surface area contributed by atoms with Gasteiger partial charge in [-0.3, -0.25) is 14.5 Å². The van der Waals surface area contributed by atoms with Gasteiger partial charge in [0.05, 0.1) is 17.1 Å². The number of rotatable bonds is 8. The molecule has 4 aromatic rings. The Hall–Kier alpha value is -4.10. The lowest BCUT2D eigenvalue weighted by atomic mass is 9.96. The standard InChI is InChI=1S/C31H32N4O3/c1-22(25-10-12-27(13-11-25)30(36)33-38)32-31(37)28-9-5-8-26-16-19-35(29(26)28)21-24-14-17-34(18-15-24)20-23-6-3-2-4-7-23/h2-13,16,19,22,24H,14-15,17-18,20-21H2,1H3,(H,32,37)/t22-/m0/s1. The topological polar surface area (TPSA) is 83.8 Å². The lowest BCUT2D eigenvalue weighted by Crippen LogP contribution is -2.34. The number of nitrogens with zero attached hydrogens (tertiary/aromatic N) is 3. The van der Waals surface area contributed by atoms with Crippen LogP contribution in [0.2, 0.25) is 0 Å². The number of aromatic nitrogens is 1. The molecule has 0 aliphatic carbocycles. The highest BCUT2D eigenvalue weighted by molar-refractivity contribution is 6.06. The Kier molecular flexibility index (Phi) is 7.75. The van der Waals surface area contributed by atoms with Gasteiger partial charge in [-0.05, 0) is 74.2 Å². The number of hydrogen-bond donors (Lipinski definition) is 1. The summed E-state index contributed by atoms with van der Waals surface area (Å²) < 4.78 is 2.24. The first-order chi connectivity index (χ1) is 18.5. The van der Waals surface area contributed by atoms with Crippen molar-refractivity contribution in [1.82, 2.24) is 14.8 Å². The van der Waals surface area contributed by atoms with Crippen molar-refractivity contribution in [1.29, 1.82) is 0 Å². The second-order valence-corrected chi connectivity index (χ2v) is 10.1. The first kappa shape index (κ1) is 25.5. The molecule has 0 spiro atoms. The molecule has 0 radical (unpaired) electrons. The monoisotopic (exact) mass is 508 g/mol. The van der Waals surface area contributed by atoms with Gasteiger partial charge in [0.15, 0.2) is 0 Å². The predicted molar refractivity (Wildman–Crippen MR) is 149 cm³/mol. The maximum atomic E-state index is 13.4. The van der Waals surface area contributed by atoms with E-state index in [-0.39, 0.29) is 17.5 Å². The van der Waals surface area contributed by atoms with E-state index >= 15 is 0 Å². The van der Waals surface area contributed by atoms with Gasteiger partial charge in [0.25, 0.3) is 5.91 Å². The molecule has 2 heterocycles. The van der Waals surface area contributed by atoms with Crippen molar-refractivity contribution < 1.29 is 9.59 Å². The predicted octanol–water partition coefficient (Wildman–Crippen LogP) is 5.95. The van der Waals surface area contributed by atoms with Crippen molar-refractivity contribution in [3.8, 4) is 0 Å². The summed E-state index contributed by atoms with van der Waals surface area (Å²) in [4.78, 5) is 37.9. The van der Waals surface area contributed by atoms with Gasteiger partial charge in [-0.15, -0.1) is 4.91 Å². The SMILES string of the molecule is C[C@H](NC(=O)c1cccc2ccn(CC3CCN(Cc4ccccc4)CC3)c12)c1ccc(C(=O)N=O)cc1. The first-order valence-corrected chi connectivity index (χ1v) is 13.1. The number of carbonyl (C=O) groups excluding carboxylic acids is 2. The summed E-state index contributed by atoms with van der Waals surface area (Å²) in [6, 6.07) is 24.8. The highest BCUT2D eigenvalue weighted by Crippen LogP contribution is 2.26. The average molecular weight is 509 g/mol. The molecular formula is C31H32N4O3. The van der Waals surface area contributed by atoms with E-state index in [1.54, 1.807) is 24.3 Å². The number of likely N-dealkylation sites (tertiary alicyclic amines) is 1. The highest BCUT2D eigenvalue weighted by Gasteiger charge is 2.22. The smallest absolute Gasteiger partial charge is 0.316 e. The van der Waals surface area contributed by atoms with E-state index < -0.39 is 5.91 Å². The highest BCUT2D eigenvalue weighted by atomic mass is 16.3. The van der Waals surface area contributed by atoms with Crippen molar-refractivity contribution in [2.75, 3.05) is 13.1 Å². The van der Waals surface area contributed by atoms with Gasteiger partial charge in [-0.1, -0.05) is 54.6 Å². The third-order valence-corrected chi connectivity index (χ3v) is 7.53. The molecule has 0 saturated carbocycles. The van der Waals surface area contributed by atoms with E-state index in [2.05, 4.69) is 62.6 Å². The summed E-state index contributed by atoms with van der Waals surface area (Å²) >= 11 is 0. The quantitative estimate of drug-likeness (QED) is 0.298. The Morgan fingerprint density at radius 1 is 0.947 bits per heavy atom.